The molecule has 2 rings (SSSR count). The monoisotopic (exact) mass is 349 g/mol. The van der Waals surface area contributed by atoms with Crippen molar-refractivity contribution in [2.45, 2.75) is 13.0 Å². The molecular weight excluding hydrogens is 334 g/mol. The molecule has 0 spiro atoms. The van der Waals surface area contributed by atoms with E-state index in [-0.39, 0.29) is 5.69 Å². The first kappa shape index (κ1) is 15.5. The molecule has 0 heterocycles. The van der Waals surface area contributed by atoms with Crippen LogP contribution in [0.3, 0.4) is 0 Å². The van der Waals surface area contributed by atoms with E-state index >= 15 is 0 Å². The molecule has 21 heavy (non-hydrogen) atoms. The van der Waals surface area contributed by atoms with Gasteiger partial charge in [-0.1, -0.05) is 40.2 Å². The van der Waals surface area contributed by atoms with Crippen LogP contribution in [0.1, 0.15) is 11.1 Å². The zero-order valence-electron chi connectivity index (χ0n) is 11.4. The number of nitro groups is 1. The Hall–Kier alpha value is -1.92. The van der Waals surface area contributed by atoms with Gasteiger partial charge in [0.25, 0.3) is 5.69 Å². The lowest BCUT2D eigenvalue weighted by molar-refractivity contribution is -0.384. The SMILES string of the molecule is NCCc1ccc(CNc2ccc(Br)cc2[N+](=O)[O-])cc1. The third kappa shape index (κ3) is 4.27. The van der Waals surface area contributed by atoms with Crippen LogP contribution >= 0.6 is 15.9 Å². The van der Waals surface area contributed by atoms with E-state index in [1.165, 1.54) is 11.6 Å². The van der Waals surface area contributed by atoms with Crippen LogP contribution in [0.15, 0.2) is 46.9 Å². The van der Waals surface area contributed by atoms with Crippen molar-refractivity contribution in [3.05, 3.63) is 68.2 Å². The lowest BCUT2D eigenvalue weighted by Gasteiger charge is -2.08. The Labute approximate surface area is 131 Å². The van der Waals surface area contributed by atoms with Crippen molar-refractivity contribution in [2.24, 2.45) is 5.73 Å². The molecule has 110 valence electrons. The molecular formula is C15H16BrN3O2. The van der Waals surface area contributed by atoms with Crippen LogP contribution in [0, 0.1) is 10.1 Å². The predicted octanol–water partition coefficient (Wildman–Crippen LogP) is 3.47. The van der Waals surface area contributed by atoms with Gasteiger partial charge < -0.3 is 11.1 Å². The summed E-state index contributed by atoms with van der Waals surface area (Å²) in [6, 6.07) is 13.0. The van der Waals surface area contributed by atoms with E-state index in [0.29, 0.717) is 23.2 Å². The lowest BCUT2D eigenvalue weighted by atomic mass is 10.1. The van der Waals surface area contributed by atoms with Crippen molar-refractivity contribution in [3.8, 4) is 0 Å². The van der Waals surface area contributed by atoms with Gasteiger partial charge in [0.2, 0.25) is 0 Å². The molecule has 2 aromatic carbocycles. The van der Waals surface area contributed by atoms with Gasteiger partial charge in [-0.3, -0.25) is 10.1 Å². The second-order valence-corrected chi connectivity index (χ2v) is 5.54. The number of anilines is 1. The Balaban J connectivity index is 2.07. The molecule has 0 bridgehead atoms. The van der Waals surface area contributed by atoms with Gasteiger partial charge in [-0.2, -0.15) is 0 Å². The van der Waals surface area contributed by atoms with Crippen molar-refractivity contribution in [2.75, 3.05) is 11.9 Å². The molecule has 0 saturated heterocycles. The van der Waals surface area contributed by atoms with E-state index < -0.39 is 4.92 Å². The van der Waals surface area contributed by atoms with Crippen LogP contribution in [0.25, 0.3) is 0 Å². The third-order valence-electron chi connectivity index (χ3n) is 3.10. The van der Waals surface area contributed by atoms with Crippen LogP contribution in [-0.4, -0.2) is 11.5 Å². The minimum absolute atomic E-state index is 0.0594. The van der Waals surface area contributed by atoms with Crippen molar-refractivity contribution in [1.82, 2.24) is 0 Å². The molecule has 0 unspecified atom stereocenters. The second kappa shape index (κ2) is 7.19. The average Bonchev–Trinajstić information content (AvgIpc) is 2.47. The van der Waals surface area contributed by atoms with Gasteiger partial charge >= 0.3 is 0 Å². The van der Waals surface area contributed by atoms with Crippen molar-refractivity contribution in [1.29, 1.82) is 0 Å². The number of rotatable bonds is 6. The van der Waals surface area contributed by atoms with E-state index in [9.17, 15) is 10.1 Å². The van der Waals surface area contributed by atoms with Crippen molar-refractivity contribution >= 4 is 27.3 Å². The predicted molar refractivity (Wildman–Crippen MR) is 87.3 cm³/mol. The quantitative estimate of drug-likeness (QED) is 0.617. The molecule has 3 N–H and O–H groups in total. The summed E-state index contributed by atoms with van der Waals surface area (Å²) in [4.78, 5) is 10.6. The number of nitrogens with zero attached hydrogens (tertiary/aromatic N) is 1. The third-order valence-corrected chi connectivity index (χ3v) is 3.59. The van der Waals surface area contributed by atoms with E-state index in [1.807, 2.05) is 24.3 Å². The van der Waals surface area contributed by atoms with Crippen molar-refractivity contribution < 1.29 is 4.92 Å². The molecule has 0 aromatic heterocycles. The van der Waals surface area contributed by atoms with Gasteiger partial charge in [0.15, 0.2) is 0 Å². The van der Waals surface area contributed by atoms with E-state index in [1.54, 1.807) is 12.1 Å². The highest BCUT2D eigenvalue weighted by molar-refractivity contribution is 9.10. The van der Waals surface area contributed by atoms with Crippen molar-refractivity contribution in [3.63, 3.8) is 0 Å². The summed E-state index contributed by atoms with van der Waals surface area (Å²) in [6.45, 7) is 1.16. The Morgan fingerprint density at radius 2 is 1.81 bits per heavy atom. The van der Waals surface area contributed by atoms with Gasteiger partial charge in [0, 0.05) is 17.1 Å². The van der Waals surface area contributed by atoms with Gasteiger partial charge in [-0.05, 0) is 36.2 Å². The Morgan fingerprint density at radius 1 is 1.14 bits per heavy atom. The molecule has 5 nitrogen and oxygen atoms in total. The Morgan fingerprint density at radius 3 is 2.43 bits per heavy atom. The van der Waals surface area contributed by atoms with Crippen LogP contribution in [0.4, 0.5) is 11.4 Å². The Bertz CT molecular complexity index is 629. The lowest BCUT2D eigenvalue weighted by Crippen LogP contribution is -2.04. The molecule has 0 fully saturated rings. The maximum absolute atomic E-state index is 11.0. The summed E-state index contributed by atoms with van der Waals surface area (Å²) in [7, 11) is 0. The summed E-state index contributed by atoms with van der Waals surface area (Å²) in [5, 5.41) is 14.1. The molecule has 0 aliphatic rings. The number of nitrogens with two attached hydrogens (primary N) is 1. The first-order chi connectivity index (χ1) is 10.1. The van der Waals surface area contributed by atoms with Crippen LogP contribution in [0.5, 0.6) is 0 Å². The number of hydrogen-bond donors (Lipinski definition) is 2. The number of halogens is 1. The summed E-state index contributed by atoms with van der Waals surface area (Å²) >= 11 is 3.24. The molecule has 0 aliphatic carbocycles. The van der Waals surface area contributed by atoms with E-state index in [0.717, 1.165) is 12.0 Å². The fourth-order valence-corrected chi connectivity index (χ4v) is 2.34. The van der Waals surface area contributed by atoms with Gasteiger partial charge in [0.05, 0.1) is 4.92 Å². The highest BCUT2D eigenvalue weighted by Gasteiger charge is 2.13. The zero-order chi connectivity index (χ0) is 15.2. The van der Waals surface area contributed by atoms with Crippen LogP contribution < -0.4 is 11.1 Å². The minimum Gasteiger partial charge on any atom is -0.375 e. The molecule has 0 saturated carbocycles. The summed E-state index contributed by atoms with van der Waals surface area (Å²) < 4.78 is 0.686. The average molecular weight is 350 g/mol. The minimum atomic E-state index is -0.391. The van der Waals surface area contributed by atoms with Crippen LogP contribution in [0.2, 0.25) is 0 Å². The normalized spacial score (nSPS) is 10.4. The number of nitrogens with one attached hydrogen (secondary N) is 1. The smallest absolute Gasteiger partial charge is 0.293 e. The van der Waals surface area contributed by atoms with Crippen LogP contribution in [-0.2, 0) is 13.0 Å². The van der Waals surface area contributed by atoms with Gasteiger partial charge in [0.1, 0.15) is 5.69 Å². The number of hydrogen-bond acceptors (Lipinski definition) is 4. The maximum atomic E-state index is 11.0. The molecule has 6 heteroatoms. The van der Waals surface area contributed by atoms with Gasteiger partial charge in [-0.15, -0.1) is 0 Å². The number of nitro benzene ring substituents is 1. The number of benzene rings is 2. The first-order valence-electron chi connectivity index (χ1n) is 6.56. The van der Waals surface area contributed by atoms with E-state index in [4.69, 9.17) is 5.73 Å². The zero-order valence-corrected chi connectivity index (χ0v) is 13.0. The highest BCUT2D eigenvalue weighted by atomic mass is 79.9. The highest BCUT2D eigenvalue weighted by Crippen LogP contribution is 2.28. The summed E-state index contributed by atoms with van der Waals surface area (Å²) in [5.74, 6) is 0. The van der Waals surface area contributed by atoms with Gasteiger partial charge in [-0.25, -0.2) is 0 Å². The largest absolute Gasteiger partial charge is 0.375 e. The molecule has 0 radical (unpaired) electrons. The first-order valence-corrected chi connectivity index (χ1v) is 7.35. The molecule has 0 amide bonds. The maximum Gasteiger partial charge on any atom is 0.293 e. The molecule has 0 aliphatic heterocycles. The summed E-state index contributed by atoms with van der Waals surface area (Å²) in [5.41, 5.74) is 8.33. The fourth-order valence-electron chi connectivity index (χ4n) is 1.99. The fraction of sp³-hybridized carbons (Fsp3) is 0.200. The summed E-state index contributed by atoms with van der Waals surface area (Å²) in [6.07, 6.45) is 0.853. The molecule has 2 aromatic rings. The second-order valence-electron chi connectivity index (χ2n) is 4.63. The standard InChI is InChI=1S/C15H16BrN3O2/c16-13-5-6-14(15(9-13)19(20)21)18-10-12-3-1-11(2-4-12)7-8-17/h1-6,9,18H,7-8,10,17H2. The van der Waals surface area contributed by atoms with E-state index in [2.05, 4.69) is 21.2 Å². The Kier molecular flexibility index (Phi) is 5.30. The molecule has 0 atom stereocenters. The topological polar surface area (TPSA) is 81.2 Å².